The lowest BCUT2D eigenvalue weighted by atomic mass is 10.0. The summed E-state index contributed by atoms with van der Waals surface area (Å²) in [7, 11) is -7.44. The van der Waals surface area contributed by atoms with Crippen LogP contribution in [-0.2, 0) is 11.3 Å². The number of hydrogen-bond donors (Lipinski definition) is 1. The fraction of sp³-hybridized carbons (Fsp3) is 0.444. The van der Waals surface area contributed by atoms with Crippen LogP contribution in [0, 0.1) is 12.8 Å². The number of nitrogens with zero attached hydrogens (tertiary/aromatic N) is 4. The zero-order chi connectivity index (χ0) is 29.9. The van der Waals surface area contributed by atoms with E-state index in [0.717, 1.165) is 74.5 Å². The Bertz CT molecular complexity index is 1390. The van der Waals surface area contributed by atoms with Gasteiger partial charge in [0.15, 0.2) is 0 Å². The molecule has 2 aliphatic heterocycles. The van der Waals surface area contributed by atoms with Gasteiger partial charge in [0.25, 0.3) is 5.91 Å². The lowest BCUT2D eigenvalue weighted by Crippen LogP contribution is -2.45. The smallest absolute Gasteiger partial charge is 0.310 e. The third kappa shape index (κ3) is 8.47. The van der Waals surface area contributed by atoms with Gasteiger partial charge in [0.2, 0.25) is 0 Å². The van der Waals surface area contributed by atoms with Gasteiger partial charge in [-0.2, -0.15) is 5.10 Å². The molecule has 1 N–H and O–H groups in total. The Hall–Kier alpha value is -3.07. The van der Waals surface area contributed by atoms with Crippen LogP contribution in [-0.4, -0.2) is 91.3 Å². The number of carbonyl (C=O) groups is 2. The van der Waals surface area contributed by atoms with E-state index in [-0.39, 0.29) is 29.9 Å². The van der Waals surface area contributed by atoms with Crippen molar-refractivity contribution >= 4 is 33.3 Å². The summed E-state index contributed by atoms with van der Waals surface area (Å²) < 4.78 is 67.9. The molecule has 1 aromatic heterocycles. The van der Waals surface area contributed by atoms with E-state index in [4.69, 9.17) is 9.84 Å². The first-order chi connectivity index (χ1) is 19.1. The normalized spacial score (nSPS) is 18.5. The van der Waals surface area contributed by atoms with Crippen molar-refractivity contribution < 1.29 is 33.8 Å². The quantitative estimate of drug-likeness (QED) is 0.284. The number of aldehydes is 1. The average molecular weight is 604 g/mol. The molecule has 0 unspecified atom stereocenters. The number of likely N-dealkylation sites (tertiary alicyclic amines) is 1. The summed E-state index contributed by atoms with van der Waals surface area (Å²) in [6.45, 7) is 10.2. The molecule has 0 saturated carbocycles. The number of hydrogen-bond acceptors (Lipinski definition) is 6. The van der Waals surface area contributed by atoms with Crippen molar-refractivity contribution in [1.29, 1.82) is 0 Å². The molecule has 5 rings (SSSR count). The predicted molar refractivity (Wildman–Crippen MR) is 148 cm³/mol. The number of fused-ring (bicyclic) bond motifs is 1. The van der Waals surface area contributed by atoms with Crippen molar-refractivity contribution in [3.05, 3.63) is 59.3 Å². The predicted octanol–water partition coefficient (Wildman–Crippen LogP) is 5.12. The fourth-order valence-corrected chi connectivity index (χ4v) is 5.48. The van der Waals surface area contributed by atoms with Crippen molar-refractivity contribution in [2.75, 3.05) is 59.5 Å². The summed E-state index contributed by atoms with van der Waals surface area (Å²) in [6.07, 6.45) is 2.34. The first-order valence-corrected chi connectivity index (χ1v) is 15.1. The molecular weight excluding hydrogens is 569 g/mol. The van der Waals surface area contributed by atoms with Crippen molar-refractivity contribution in [2.45, 2.75) is 18.4 Å². The molecule has 2 saturated heterocycles. The molecule has 2 aromatic carbocycles. The zero-order valence-electron chi connectivity index (χ0n) is 22.9. The average Bonchev–Trinajstić information content (AvgIpc) is 3.28. The van der Waals surface area contributed by atoms with Crippen LogP contribution in [0.15, 0.2) is 47.5 Å². The Morgan fingerprint density at radius 2 is 1.76 bits per heavy atom. The lowest BCUT2D eigenvalue weighted by molar-refractivity contribution is 0.0383. The maximum atomic E-state index is 12.6. The first-order valence-electron chi connectivity index (χ1n) is 13.2. The summed E-state index contributed by atoms with van der Waals surface area (Å²) in [5.74, 6) is 0.671. The molecule has 0 atom stereocenters. The van der Waals surface area contributed by atoms with Crippen LogP contribution >= 0.6 is 10.2 Å². The maximum Gasteiger partial charge on any atom is 0.310 e. The molecule has 0 aliphatic carbocycles. The Morgan fingerprint density at radius 3 is 2.34 bits per heavy atom. The minimum Gasteiger partial charge on any atom is -0.379 e. The highest BCUT2D eigenvalue weighted by Gasteiger charge is 2.65. The Morgan fingerprint density at radius 1 is 1.10 bits per heavy atom. The van der Waals surface area contributed by atoms with Crippen molar-refractivity contribution in [2.24, 2.45) is 5.92 Å². The number of carbonyl (C=O) groups excluding carboxylic acids is 2. The van der Waals surface area contributed by atoms with Gasteiger partial charge in [-0.1, -0.05) is 31.6 Å². The number of rotatable bonds is 8. The fourth-order valence-electron chi connectivity index (χ4n) is 4.82. The summed E-state index contributed by atoms with van der Waals surface area (Å²) in [4.78, 5) is 25.4. The number of morpholine rings is 1. The second-order valence-electron chi connectivity index (χ2n) is 10.5. The van der Waals surface area contributed by atoms with Gasteiger partial charge in [0.05, 0.1) is 18.7 Å². The second-order valence-corrected chi connectivity index (χ2v) is 12.9. The molecule has 2 aliphatic rings. The molecule has 0 bridgehead atoms. The highest BCUT2D eigenvalue weighted by atomic mass is 32.5. The number of aromatic nitrogens is 2. The van der Waals surface area contributed by atoms with E-state index in [1.54, 1.807) is 0 Å². The topological polar surface area (TPSA) is 79.7 Å². The third-order valence-electron chi connectivity index (χ3n) is 7.01. The molecular formula is C27H34F5N5O3S. The van der Waals surface area contributed by atoms with Crippen LogP contribution in [0.3, 0.4) is 0 Å². The van der Waals surface area contributed by atoms with Crippen molar-refractivity contribution in [1.82, 2.24) is 24.9 Å². The van der Waals surface area contributed by atoms with Crippen LogP contribution in [0.2, 0.25) is 0 Å². The molecule has 41 heavy (non-hydrogen) atoms. The molecule has 2 fully saturated rings. The Kier molecular flexibility index (Phi) is 8.52. The highest BCUT2D eigenvalue weighted by Crippen LogP contribution is 3.02. The van der Waals surface area contributed by atoms with E-state index in [2.05, 4.69) is 28.4 Å². The van der Waals surface area contributed by atoms with Gasteiger partial charge < -0.3 is 15.0 Å². The number of halogens is 5. The number of benzene rings is 2. The molecule has 1 amide bonds. The standard InChI is InChI=1S/C20H29N5O2.C7H5F5OS/c1-15-9-19-17(14-25(22-19)13-16-11-23(2)12-16)10-18(15)20(26)21-3-4-24-5-7-27-8-6-24;8-14(9,10,11,12)7-3-1-6(5-13)2-4-7/h9-10,14,16H,3-8,11-13H2,1-2H3,(H,21,26);1-5H. The zero-order valence-corrected chi connectivity index (χ0v) is 23.7. The number of amides is 1. The molecule has 226 valence electrons. The summed E-state index contributed by atoms with van der Waals surface area (Å²) in [5, 5.41) is 8.79. The van der Waals surface area contributed by atoms with E-state index in [0.29, 0.717) is 24.6 Å². The van der Waals surface area contributed by atoms with Crippen molar-refractivity contribution in [3.63, 3.8) is 0 Å². The maximum absolute atomic E-state index is 12.6. The van der Waals surface area contributed by atoms with Crippen molar-refractivity contribution in [3.8, 4) is 0 Å². The van der Waals surface area contributed by atoms with E-state index in [1.165, 1.54) is 0 Å². The van der Waals surface area contributed by atoms with Gasteiger partial charge in [-0.3, -0.25) is 19.2 Å². The molecule has 3 aromatic rings. The minimum absolute atomic E-state index is 0.00368. The molecule has 3 heterocycles. The van der Waals surface area contributed by atoms with Crippen LogP contribution in [0.5, 0.6) is 0 Å². The summed E-state index contributed by atoms with van der Waals surface area (Å²) in [5.41, 5.74) is 2.59. The van der Waals surface area contributed by atoms with Gasteiger partial charge in [0.1, 0.15) is 11.2 Å². The third-order valence-corrected chi connectivity index (χ3v) is 8.17. The summed E-state index contributed by atoms with van der Waals surface area (Å²) in [6, 6.07) is 5.79. The van der Waals surface area contributed by atoms with Gasteiger partial charge >= 0.3 is 10.2 Å². The van der Waals surface area contributed by atoms with E-state index in [9.17, 15) is 29.0 Å². The second kappa shape index (κ2) is 11.3. The lowest BCUT2D eigenvalue weighted by Gasteiger charge is -2.40. The molecule has 8 nitrogen and oxygen atoms in total. The SMILES string of the molecule is Cc1cc2nn(CC3CN(C)C3)cc2cc1C(=O)NCCN1CCOCC1.O=Cc1ccc(S(F)(F)(F)(F)F)cc1. The highest BCUT2D eigenvalue weighted by molar-refractivity contribution is 8.45. The number of nitrogens with one attached hydrogen (secondary N) is 1. The van der Waals surface area contributed by atoms with E-state index < -0.39 is 15.1 Å². The van der Waals surface area contributed by atoms with Gasteiger partial charge in [0, 0.05) is 74.4 Å². The van der Waals surface area contributed by atoms with Gasteiger partial charge in [-0.05, 0) is 43.8 Å². The summed E-state index contributed by atoms with van der Waals surface area (Å²) >= 11 is 0. The largest absolute Gasteiger partial charge is 0.379 e. The van der Waals surface area contributed by atoms with E-state index >= 15 is 0 Å². The number of ether oxygens (including phenoxy) is 1. The van der Waals surface area contributed by atoms with Gasteiger partial charge in [-0.15, -0.1) is 0 Å². The minimum atomic E-state index is -9.58. The first kappa shape index (κ1) is 30.9. The van der Waals surface area contributed by atoms with Crippen LogP contribution < -0.4 is 5.32 Å². The van der Waals surface area contributed by atoms with Crippen LogP contribution in [0.4, 0.5) is 19.4 Å². The monoisotopic (exact) mass is 603 g/mol. The number of aryl methyl sites for hydroxylation is 1. The molecule has 0 spiro atoms. The van der Waals surface area contributed by atoms with Crippen LogP contribution in [0.1, 0.15) is 26.3 Å². The van der Waals surface area contributed by atoms with Crippen LogP contribution in [0.25, 0.3) is 10.9 Å². The Balaban J connectivity index is 0.000000234. The Labute approximate surface area is 235 Å². The van der Waals surface area contributed by atoms with E-state index in [1.807, 2.05) is 23.7 Å². The molecule has 0 radical (unpaired) electrons. The molecule has 14 heteroatoms. The van der Waals surface area contributed by atoms with Gasteiger partial charge in [-0.25, -0.2) is 0 Å².